The van der Waals surface area contributed by atoms with Crippen molar-refractivity contribution in [3.8, 4) is 0 Å². The molecular formula is C16H17FN2O. The molecule has 0 aliphatic carbocycles. The second-order valence-electron chi connectivity index (χ2n) is 4.60. The maximum absolute atomic E-state index is 13.4. The Hall–Kier alpha value is -2.36. The number of anilines is 2. The van der Waals surface area contributed by atoms with E-state index in [9.17, 15) is 9.18 Å². The summed E-state index contributed by atoms with van der Waals surface area (Å²) in [7, 11) is 0. The number of nitrogens with one attached hydrogen (secondary N) is 1. The molecule has 0 aromatic heterocycles. The van der Waals surface area contributed by atoms with Crippen LogP contribution >= 0.6 is 0 Å². The van der Waals surface area contributed by atoms with Crippen molar-refractivity contribution in [2.24, 2.45) is 0 Å². The van der Waals surface area contributed by atoms with E-state index in [4.69, 9.17) is 5.73 Å². The maximum Gasteiger partial charge on any atom is 0.231 e. The van der Waals surface area contributed by atoms with Crippen LogP contribution in [0.15, 0.2) is 48.5 Å². The van der Waals surface area contributed by atoms with Gasteiger partial charge in [0.05, 0.1) is 11.6 Å². The second kappa shape index (κ2) is 6.19. The lowest BCUT2D eigenvalue weighted by Gasteiger charge is -2.15. The van der Waals surface area contributed by atoms with Gasteiger partial charge in [-0.15, -0.1) is 0 Å². The molecule has 2 rings (SSSR count). The van der Waals surface area contributed by atoms with Crippen molar-refractivity contribution in [3.63, 3.8) is 0 Å². The Morgan fingerprint density at radius 3 is 2.55 bits per heavy atom. The van der Waals surface area contributed by atoms with Gasteiger partial charge in [0.15, 0.2) is 0 Å². The van der Waals surface area contributed by atoms with E-state index in [0.29, 0.717) is 12.1 Å². The van der Waals surface area contributed by atoms with Gasteiger partial charge in [0, 0.05) is 5.69 Å². The molecule has 0 aliphatic rings. The number of nitrogen functional groups attached to an aromatic ring is 1. The lowest BCUT2D eigenvalue weighted by Crippen LogP contribution is -2.20. The highest BCUT2D eigenvalue weighted by Gasteiger charge is 2.18. The van der Waals surface area contributed by atoms with E-state index in [1.807, 2.05) is 37.3 Å². The Labute approximate surface area is 117 Å². The fourth-order valence-corrected chi connectivity index (χ4v) is 2.09. The summed E-state index contributed by atoms with van der Waals surface area (Å²) in [6, 6.07) is 13.8. The van der Waals surface area contributed by atoms with E-state index in [-0.39, 0.29) is 17.5 Å². The number of carbonyl (C=O) groups excluding carboxylic acids is 1. The molecule has 0 aliphatic heterocycles. The Balaban J connectivity index is 2.15. The van der Waals surface area contributed by atoms with E-state index in [0.717, 1.165) is 5.56 Å². The van der Waals surface area contributed by atoms with Gasteiger partial charge in [-0.3, -0.25) is 4.79 Å². The fourth-order valence-electron chi connectivity index (χ4n) is 2.09. The molecule has 0 bridgehead atoms. The van der Waals surface area contributed by atoms with Gasteiger partial charge < -0.3 is 11.1 Å². The molecule has 0 saturated heterocycles. The lowest BCUT2D eigenvalue weighted by atomic mass is 9.95. The molecule has 1 atom stereocenters. The number of carbonyl (C=O) groups is 1. The minimum absolute atomic E-state index is 0.0677. The number of amides is 1. The Bertz CT molecular complexity index is 599. The summed E-state index contributed by atoms with van der Waals surface area (Å²) < 4.78 is 13.4. The van der Waals surface area contributed by atoms with Gasteiger partial charge in [-0.25, -0.2) is 4.39 Å². The molecular weight excluding hydrogens is 255 g/mol. The van der Waals surface area contributed by atoms with Gasteiger partial charge in [-0.1, -0.05) is 37.3 Å². The molecule has 4 heteroatoms. The Morgan fingerprint density at radius 1 is 1.25 bits per heavy atom. The Morgan fingerprint density at radius 2 is 1.95 bits per heavy atom. The van der Waals surface area contributed by atoms with Crippen LogP contribution in [0.25, 0.3) is 0 Å². The quantitative estimate of drug-likeness (QED) is 0.836. The van der Waals surface area contributed by atoms with Crippen molar-refractivity contribution in [3.05, 3.63) is 59.9 Å². The highest BCUT2D eigenvalue weighted by atomic mass is 19.1. The van der Waals surface area contributed by atoms with Gasteiger partial charge in [0.1, 0.15) is 5.82 Å². The first kappa shape index (κ1) is 14.1. The van der Waals surface area contributed by atoms with Crippen LogP contribution in [-0.4, -0.2) is 5.91 Å². The molecule has 2 aromatic carbocycles. The summed E-state index contributed by atoms with van der Waals surface area (Å²) in [5, 5.41) is 2.72. The first-order chi connectivity index (χ1) is 9.61. The van der Waals surface area contributed by atoms with Gasteiger partial charge >= 0.3 is 0 Å². The highest BCUT2D eigenvalue weighted by Crippen LogP contribution is 2.22. The van der Waals surface area contributed by atoms with E-state index in [2.05, 4.69) is 5.32 Å². The molecule has 0 heterocycles. The third-order valence-electron chi connectivity index (χ3n) is 3.19. The molecule has 0 radical (unpaired) electrons. The lowest BCUT2D eigenvalue weighted by molar-refractivity contribution is -0.117. The fraction of sp³-hybridized carbons (Fsp3) is 0.188. The standard InChI is InChI=1S/C16H17FN2O/c1-2-13(11-6-4-3-5-7-11)16(20)19-12-8-9-15(18)14(17)10-12/h3-10,13H,2,18H2,1H3,(H,19,20). The molecule has 3 nitrogen and oxygen atoms in total. The van der Waals surface area contributed by atoms with Crippen LogP contribution in [0.5, 0.6) is 0 Å². The van der Waals surface area contributed by atoms with Crippen molar-refractivity contribution >= 4 is 17.3 Å². The summed E-state index contributed by atoms with van der Waals surface area (Å²) in [6.45, 7) is 1.95. The van der Waals surface area contributed by atoms with Crippen LogP contribution < -0.4 is 11.1 Å². The van der Waals surface area contributed by atoms with Crippen LogP contribution in [0.4, 0.5) is 15.8 Å². The number of rotatable bonds is 4. The van der Waals surface area contributed by atoms with Crippen molar-refractivity contribution in [2.75, 3.05) is 11.1 Å². The summed E-state index contributed by atoms with van der Waals surface area (Å²) in [4.78, 5) is 12.3. The molecule has 1 unspecified atom stereocenters. The first-order valence-electron chi connectivity index (χ1n) is 6.52. The summed E-state index contributed by atoms with van der Waals surface area (Å²) >= 11 is 0. The van der Waals surface area contributed by atoms with Gasteiger partial charge in [0.2, 0.25) is 5.91 Å². The van der Waals surface area contributed by atoms with E-state index in [1.54, 1.807) is 6.07 Å². The second-order valence-corrected chi connectivity index (χ2v) is 4.60. The Kier molecular flexibility index (Phi) is 4.35. The summed E-state index contributed by atoms with van der Waals surface area (Å²) in [5.41, 5.74) is 6.84. The van der Waals surface area contributed by atoms with Crippen LogP contribution in [-0.2, 0) is 4.79 Å². The van der Waals surface area contributed by atoms with Crippen molar-refractivity contribution in [2.45, 2.75) is 19.3 Å². The van der Waals surface area contributed by atoms with Gasteiger partial charge in [-0.05, 0) is 30.2 Å². The number of hydrogen-bond acceptors (Lipinski definition) is 2. The third-order valence-corrected chi connectivity index (χ3v) is 3.19. The molecule has 1 amide bonds. The monoisotopic (exact) mass is 272 g/mol. The number of halogens is 1. The molecule has 104 valence electrons. The van der Waals surface area contributed by atoms with Crippen LogP contribution in [0.1, 0.15) is 24.8 Å². The number of hydrogen-bond donors (Lipinski definition) is 2. The third kappa shape index (κ3) is 3.15. The van der Waals surface area contributed by atoms with Crippen molar-refractivity contribution in [1.82, 2.24) is 0 Å². The zero-order valence-electron chi connectivity index (χ0n) is 11.3. The average molecular weight is 272 g/mol. The predicted octanol–water partition coefficient (Wildman–Crippen LogP) is 3.54. The minimum atomic E-state index is -0.532. The summed E-state index contributed by atoms with van der Waals surface area (Å²) in [6.07, 6.45) is 0.674. The first-order valence-corrected chi connectivity index (χ1v) is 6.52. The average Bonchev–Trinajstić information content (AvgIpc) is 2.45. The van der Waals surface area contributed by atoms with Crippen molar-refractivity contribution < 1.29 is 9.18 Å². The number of benzene rings is 2. The van der Waals surface area contributed by atoms with Gasteiger partial charge in [0.25, 0.3) is 0 Å². The van der Waals surface area contributed by atoms with E-state index in [1.165, 1.54) is 12.1 Å². The molecule has 20 heavy (non-hydrogen) atoms. The molecule has 2 aromatic rings. The zero-order valence-corrected chi connectivity index (χ0v) is 11.3. The van der Waals surface area contributed by atoms with Gasteiger partial charge in [-0.2, -0.15) is 0 Å². The van der Waals surface area contributed by atoms with E-state index < -0.39 is 5.82 Å². The highest BCUT2D eigenvalue weighted by molar-refractivity contribution is 5.95. The molecule has 3 N–H and O–H groups in total. The van der Waals surface area contributed by atoms with Crippen LogP contribution in [0, 0.1) is 5.82 Å². The smallest absolute Gasteiger partial charge is 0.231 e. The van der Waals surface area contributed by atoms with Crippen molar-refractivity contribution in [1.29, 1.82) is 0 Å². The van der Waals surface area contributed by atoms with Crippen LogP contribution in [0.2, 0.25) is 0 Å². The van der Waals surface area contributed by atoms with Crippen LogP contribution in [0.3, 0.4) is 0 Å². The normalized spacial score (nSPS) is 11.9. The molecule has 0 saturated carbocycles. The minimum Gasteiger partial charge on any atom is -0.396 e. The summed E-state index contributed by atoms with van der Waals surface area (Å²) in [5.74, 6) is -0.935. The molecule has 0 spiro atoms. The predicted molar refractivity (Wildman–Crippen MR) is 78.9 cm³/mol. The zero-order chi connectivity index (χ0) is 14.5. The largest absolute Gasteiger partial charge is 0.396 e. The topological polar surface area (TPSA) is 55.1 Å². The molecule has 0 fully saturated rings. The van der Waals surface area contributed by atoms with E-state index >= 15 is 0 Å². The number of nitrogens with two attached hydrogens (primary N) is 1. The maximum atomic E-state index is 13.4. The SMILES string of the molecule is CCC(C(=O)Nc1ccc(N)c(F)c1)c1ccccc1.